The lowest BCUT2D eigenvalue weighted by Crippen LogP contribution is -2.13. The number of hydrogen-bond donors (Lipinski definition) is 2. The van der Waals surface area contributed by atoms with Gasteiger partial charge < -0.3 is 11.1 Å². The zero-order valence-corrected chi connectivity index (χ0v) is 13.2. The second kappa shape index (κ2) is 6.28. The summed E-state index contributed by atoms with van der Waals surface area (Å²) in [6.45, 7) is 0. The molecule has 21 heavy (non-hydrogen) atoms. The topological polar surface area (TPSA) is 55.1 Å². The van der Waals surface area contributed by atoms with Gasteiger partial charge in [-0.25, -0.2) is 4.39 Å². The first-order valence-electron chi connectivity index (χ1n) is 5.50. The van der Waals surface area contributed by atoms with Crippen LogP contribution < -0.4 is 11.1 Å². The van der Waals surface area contributed by atoms with Gasteiger partial charge in [0.15, 0.2) is 0 Å². The van der Waals surface area contributed by atoms with Crippen LogP contribution in [0.1, 0.15) is 10.4 Å². The van der Waals surface area contributed by atoms with Crippen LogP contribution in [0.5, 0.6) is 0 Å². The van der Waals surface area contributed by atoms with Crippen molar-refractivity contribution in [2.45, 2.75) is 0 Å². The van der Waals surface area contributed by atoms with Gasteiger partial charge in [-0.2, -0.15) is 0 Å². The SMILES string of the molecule is Nc1c(Cl)cc(NC(=O)c2cc(F)c(Cl)cc2Cl)cc1Cl. The molecule has 0 saturated carbocycles. The van der Waals surface area contributed by atoms with E-state index < -0.39 is 11.7 Å². The van der Waals surface area contributed by atoms with Crippen LogP contribution in [0, 0.1) is 5.82 Å². The maximum Gasteiger partial charge on any atom is 0.257 e. The summed E-state index contributed by atoms with van der Waals surface area (Å²) in [5, 5.41) is 2.72. The lowest BCUT2D eigenvalue weighted by Gasteiger charge is -2.10. The van der Waals surface area contributed by atoms with Crippen LogP contribution in [0.3, 0.4) is 0 Å². The molecule has 3 nitrogen and oxygen atoms in total. The normalized spacial score (nSPS) is 10.5. The summed E-state index contributed by atoms with van der Waals surface area (Å²) in [6, 6.07) is 4.93. The van der Waals surface area contributed by atoms with Gasteiger partial charge in [-0.1, -0.05) is 46.4 Å². The average molecular weight is 368 g/mol. The van der Waals surface area contributed by atoms with Crippen molar-refractivity contribution in [1.29, 1.82) is 0 Å². The monoisotopic (exact) mass is 366 g/mol. The molecule has 110 valence electrons. The molecule has 3 N–H and O–H groups in total. The van der Waals surface area contributed by atoms with E-state index in [1.165, 1.54) is 12.1 Å². The predicted molar refractivity (Wildman–Crippen MR) is 85.2 cm³/mol. The first-order valence-corrected chi connectivity index (χ1v) is 7.01. The molecule has 0 spiro atoms. The number of amides is 1. The van der Waals surface area contributed by atoms with Crippen LogP contribution in [0.25, 0.3) is 0 Å². The molecule has 0 heterocycles. The Bertz CT molecular complexity index is 713. The quantitative estimate of drug-likeness (QED) is 0.560. The molecule has 0 fully saturated rings. The van der Waals surface area contributed by atoms with Gasteiger partial charge in [-0.15, -0.1) is 0 Å². The number of nitrogen functional groups attached to an aromatic ring is 1. The fourth-order valence-corrected chi connectivity index (χ4v) is 2.51. The molecule has 0 atom stereocenters. The fourth-order valence-electron chi connectivity index (χ4n) is 1.55. The number of anilines is 2. The number of hydrogen-bond acceptors (Lipinski definition) is 2. The molecule has 0 saturated heterocycles. The minimum atomic E-state index is -0.750. The average Bonchev–Trinajstić information content (AvgIpc) is 2.40. The van der Waals surface area contributed by atoms with Crippen molar-refractivity contribution in [3.05, 3.63) is 55.7 Å². The molecule has 0 aromatic heterocycles. The minimum absolute atomic E-state index is 0.0199. The molecule has 2 rings (SSSR count). The second-order valence-corrected chi connectivity index (χ2v) is 5.68. The Morgan fingerprint density at radius 3 is 2.10 bits per heavy atom. The molecule has 0 radical (unpaired) electrons. The number of rotatable bonds is 2. The lowest BCUT2D eigenvalue weighted by molar-refractivity contribution is 0.102. The summed E-state index contributed by atoms with van der Waals surface area (Å²) in [6.07, 6.45) is 0. The molecule has 2 aromatic carbocycles. The third-order valence-corrected chi connectivity index (χ3v) is 3.82. The van der Waals surface area contributed by atoms with Gasteiger partial charge in [0.05, 0.1) is 31.3 Å². The van der Waals surface area contributed by atoms with Crippen molar-refractivity contribution >= 4 is 63.7 Å². The van der Waals surface area contributed by atoms with E-state index in [1.54, 1.807) is 0 Å². The summed E-state index contributed by atoms with van der Waals surface area (Å²) in [5.74, 6) is -1.38. The van der Waals surface area contributed by atoms with Crippen LogP contribution in [0.4, 0.5) is 15.8 Å². The molecule has 0 aliphatic rings. The van der Waals surface area contributed by atoms with E-state index >= 15 is 0 Å². The lowest BCUT2D eigenvalue weighted by atomic mass is 10.2. The van der Waals surface area contributed by atoms with Gasteiger partial charge in [-0.3, -0.25) is 4.79 Å². The predicted octanol–water partition coefficient (Wildman–Crippen LogP) is 5.27. The number of halogens is 5. The van der Waals surface area contributed by atoms with E-state index in [0.29, 0.717) is 5.69 Å². The second-order valence-electron chi connectivity index (χ2n) is 4.05. The van der Waals surface area contributed by atoms with Gasteiger partial charge in [-0.05, 0) is 24.3 Å². The Morgan fingerprint density at radius 1 is 0.952 bits per heavy atom. The van der Waals surface area contributed by atoms with Crippen molar-refractivity contribution in [3.8, 4) is 0 Å². The highest BCUT2D eigenvalue weighted by molar-refractivity contribution is 6.39. The van der Waals surface area contributed by atoms with Gasteiger partial charge in [0, 0.05) is 5.69 Å². The minimum Gasteiger partial charge on any atom is -0.396 e. The van der Waals surface area contributed by atoms with Crippen LogP contribution in [0.2, 0.25) is 20.1 Å². The number of benzene rings is 2. The smallest absolute Gasteiger partial charge is 0.257 e. The van der Waals surface area contributed by atoms with E-state index in [-0.39, 0.29) is 31.3 Å². The molecular formula is C13H7Cl4FN2O. The summed E-state index contributed by atoms with van der Waals surface area (Å²) in [7, 11) is 0. The summed E-state index contributed by atoms with van der Waals surface area (Å²) in [5.41, 5.74) is 6.03. The maximum atomic E-state index is 13.4. The third-order valence-electron chi connectivity index (χ3n) is 2.59. The third kappa shape index (κ3) is 3.52. The highest BCUT2D eigenvalue weighted by Gasteiger charge is 2.15. The molecule has 0 unspecified atom stereocenters. The van der Waals surface area contributed by atoms with Crippen LogP contribution in [-0.4, -0.2) is 5.91 Å². The molecule has 0 bridgehead atoms. The first kappa shape index (κ1) is 16.2. The largest absolute Gasteiger partial charge is 0.396 e. The summed E-state index contributed by atoms with van der Waals surface area (Å²) in [4.78, 5) is 12.1. The maximum absolute atomic E-state index is 13.4. The van der Waals surface area contributed by atoms with Gasteiger partial charge in [0.2, 0.25) is 0 Å². The van der Waals surface area contributed by atoms with E-state index in [9.17, 15) is 9.18 Å². The van der Waals surface area contributed by atoms with Gasteiger partial charge in [0.25, 0.3) is 5.91 Å². The van der Waals surface area contributed by atoms with Crippen molar-refractivity contribution in [3.63, 3.8) is 0 Å². The zero-order valence-electron chi connectivity index (χ0n) is 10.2. The van der Waals surface area contributed by atoms with Crippen LogP contribution >= 0.6 is 46.4 Å². The first-order chi connectivity index (χ1) is 9.79. The summed E-state index contributed by atoms with van der Waals surface area (Å²) >= 11 is 23.2. The standard InChI is InChI=1S/C13H7Cl4FN2O/c14-7-4-8(15)11(18)3-6(7)13(21)20-5-1-9(16)12(19)10(17)2-5/h1-4H,19H2,(H,20,21). The molecular weight excluding hydrogens is 361 g/mol. The van der Waals surface area contributed by atoms with E-state index in [2.05, 4.69) is 5.32 Å². The van der Waals surface area contributed by atoms with Crippen molar-refractivity contribution < 1.29 is 9.18 Å². The Kier molecular flexibility index (Phi) is 4.84. The van der Waals surface area contributed by atoms with Crippen LogP contribution in [-0.2, 0) is 0 Å². The molecule has 8 heteroatoms. The Morgan fingerprint density at radius 2 is 1.52 bits per heavy atom. The number of carbonyl (C=O) groups is 1. The highest BCUT2D eigenvalue weighted by atomic mass is 35.5. The molecule has 1 amide bonds. The van der Waals surface area contributed by atoms with Crippen molar-refractivity contribution in [1.82, 2.24) is 0 Å². The fraction of sp³-hybridized carbons (Fsp3) is 0. The van der Waals surface area contributed by atoms with Gasteiger partial charge in [0.1, 0.15) is 5.82 Å². The van der Waals surface area contributed by atoms with Crippen molar-refractivity contribution in [2.75, 3.05) is 11.1 Å². The number of nitrogens with two attached hydrogens (primary N) is 1. The Balaban J connectivity index is 2.32. The highest BCUT2D eigenvalue weighted by Crippen LogP contribution is 2.32. The van der Waals surface area contributed by atoms with Crippen LogP contribution in [0.15, 0.2) is 24.3 Å². The molecule has 0 aliphatic heterocycles. The Hall–Kier alpha value is -1.20. The Labute approximate surface area is 139 Å². The number of carbonyl (C=O) groups excluding carboxylic acids is 1. The number of nitrogens with one attached hydrogen (secondary N) is 1. The molecule has 2 aromatic rings. The van der Waals surface area contributed by atoms with E-state index in [1.807, 2.05) is 0 Å². The van der Waals surface area contributed by atoms with E-state index in [4.69, 9.17) is 52.1 Å². The van der Waals surface area contributed by atoms with E-state index in [0.717, 1.165) is 12.1 Å². The summed E-state index contributed by atoms with van der Waals surface area (Å²) < 4.78 is 13.4. The van der Waals surface area contributed by atoms with Gasteiger partial charge >= 0.3 is 0 Å². The molecule has 0 aliphatic carbocycles. The zero-order chi connectivity index (χ0) is 15.7. The van der Waals surface area contributed by atoms with Crippen molar-refractivity contribution in [2.24, 2.45) is 0 Å².